The molecular formula is C23H34N4OS. The van der Waals surface area contributed by atoms with Gasteiger partial charge in [0, 0.05) is 42.9 Å². The number of piperazine rings is 1. The first-order valence-corrected chi connectivity index (χ1v) is 12.2. The molecule has 0 spiro atoms. The van der Waals surface area contributed by atoms with Crippen molar-refractivity contribution in [2.45, 2.75) is 72.1 Å². The molecule has 2 aliphatic rings. The minimum Gasteiger partial charge on any atom is -0.352 e. The summed E-state index contributed by atoms with van der Waals surface area (Å²) in [4.78, 5) is 29.7. The van der Waals surface area contributed by atoms with Crippen LogP contribution in [0.25, 0.3) is 10.2 Å². The van der Waals surface area contributed by atoms with E-state index < -0.39 is 0 Å². The van der Waals surface area contributed by atoms with Gasteiger partial charge in [-0.25, -0.2) is 9.97 Å². The Balaban J connectivity index is 1.72. The molecule has 1 amide bonds. The maximum atomic E-state index is 12.4. The number of thiophene rings is 1. The first-order chi connectivity index (χ1) is 14.0. The zero-order valence-corrected chi connectivity index (χ0v) is 19.1. The molecule has 1 aliphatic heterocycles. The van der Waals surface area contributed by atoms with E-state index in [9.17, 15) is 4.79 Å². The number of rotatable bonds is 4. The first kappa shape index (κ1) is 20.6. The second-order valence-corrected chi connectivity index (χ2v) is 10.0. The average molecular weight is 415 g/mol. The molecule has 4 rings (SSSR count). The van der Waals surface area contributed by atoms with Gasteiger partial charge in [0.1, 0.15) is 16.5 Å². The van der Waals surface area contributed by atoms with Crippen molar-refractivity contribution < 1.29 is 4.79 Å². The highest BCUT2D eigenvalue weighted by Crippen LogP contribution is 2.40. The van der Waals surface area contributed by atoms with E-state index >= 15 is 0 Å². The van der Waals surface area contributed by atoms with Crippen LogP contribution in [0.3, 0.4) is 0 Å². The van der Waals surface area contributed by atoms with Crippen molar-refractivity contribution in [2.75, 3.05) is 31.1 Å². The van der Waals surface area contributed by atoms with Crippen LogP contribution < -0.4 is 4.90 Å². The molecule has 1 atom stereocenters. The lowest BCUT2D eigenvalue weighted by Gasteiger charge is -2.36. The number of amides is 1. The minimum atomic E-state index is 0.0666. The van der Waals surface area contributed by atoms with E-state index in [0.29, 0.717) is 5.92 Å². The summed E-state index contributed by atoms with van der Waals surface area (Å²) in [7, 11) is 0. The van der Waals surface area contributed by atoms with Crippen molar-refractivity contribution in [3.63, 3.8) is 0 Å². The van der Waals surface area contributed by atoms with Gasteiger partial charge in [-0.15, -0.1) is 11.3 Å². The molecular weight excluding hydrogens is 380 g/mol. The Morgan fingerprint density at radius 2 is 1.76 bits per heavy atom. The van der Waals surface area contributed by atoms with Crippen molar-refractivity contribution in [1.82, 2.24) is 14.9 Å². The number of nitrogens with zero attached hydrogens (tertiary/aromatic N) is 4. The van der Waals surface area contributed by atoms with Gasteiger partial charge in [0.2, 0.25) is 5.91 Å². The van der Waals surface area contributed by atoms with Gasteiger partial charge in [-0.3, -0.25) is 4.79 Å². The van der Waals surface area contributed by atoms with E-state index in [-0.39, 0.29) is 11.8 Å². The summed E-state index contributed by atoms with van der Waals surface area (Å²) in [6.45, 7) is 11.7. The number of fused-ring (bicyclic) bond motifs is 3. The lowest BCUT2D eigenvalue weighted by atomic mass is 10.1. The van der Waals surface area contributed by atoms with Crippen LogP contribution >= 0.6 is 11.3 Å². The van der Waals surface area contributed by atoms with Crippen molar-refractivity contribution in [2.24, 2.45) is 5.92 Å². The molecule has 1 aliphatic carbocycles. The Labute approximate surface area is 178 Å². The van der Waals surface area contributed by atoms with Gasteiger partial charge < -0.3 is 9.80 Å². The summed E-state index contributed by atoms with van der Waals surface area (Å²) in [5, 5.41) is 1.31. The molecule has 1 saturated heterocycles. The highest BCUT2D eigenvalue weighted by atomic mass is 32.1. The van der Waals surface area contributed by atoms with E-state index in [2.05, 4.69) is 18.7 Å². The lowest BCUT2D eigenvalue weighted by Crippen LogP contribution is -2.50. The minimum absolute atomic E-state index is 0.0666. The lowest BCUT2D eigenvalue weighted by molar-refractivity contribution is -0.134. The van der Waals surface area contributed by atoms with Gasteiger partial charge in [0.25, 0.3) is 0 Å². The van der Waals surface area contributed by atoms with Crippen molar-refractivity contribution in [3.05, 3.63) is 16.3 Å². The van der Waals surface area contributed by atoms with Crippen molar-refractivity contribution in [3.8, 4) is 0 Å². The summed E-state index contributed by atoms with van der Waals surface area (Å²) in [6, 6.07) is 0. The predicted octanol–water partition coefficient (Wildman–Crippen LogP) is 4.78. The second kappa shape index (κ2) is 8.58. The second-order valence-electron chi connectivity index (χ2n) is 8.93. The van der Waals surface area contributed by atoms with E-state index in [0.717, 1.165) is 50.7 Å². The average Bonchev–Trinajstić information content (AvgIpc) is 2.92. The number of carbonyl (C=O) groups excluding carboxylic acids is 1. The zero-order chi connectivity index (χ0) is 20.5. The quantitative estimate of drug-likeness (QED) is 0.676. The third kappa shape index (κ3) is 4.00. The van der Waals surface area contributed by atoms with Crippen LogP contribution in [0.15, 0.2) is 0 Å². The van der Waals surface area contributed by atoms with Crippen LogP contribution in [0, 0.1) is 5.92 Å². The van der Waals surface area contributed by atoms with Crippen LogP contribution in [0.1, 0.15) is 75.6 Å². The molecule has 2 aromatic rings. The van der Waals surface area contributed by atoms with Gasteiger partial charge in [0.05, 0.1) is 5.39 Å². The van der Waals surface area contributed by atoms with Crippen LogP contribution in [-0.4, -0.2) is 47.0 Å². The summed E-state index contributed by atoms with van der Waals surface area (Å²) >= 11 is 1.90. The maximum Gasteiger partial charge on any atom is 0.225 e. The maximum absolute atomic E-state index is 12.4. The number of anilines is 1. The Bertz CT molecular complexity index is 883. The van der Waals surface area contributed by atoms with Crippen molar-refractivity contribution >= 4 is 33.3 Å². The summed E-state index contributed by atoms with van der Waals surface area (Å²) in [5.74, 6) is 2.80. The number of aryl methyl sites for hydroxylation is 2. The molecule has 3 heterocycles. The summed E-state index contributed by atoms with van der Waals surface area (Å²) in [5.41, 5.74) is 1.51. The Morgan fingerprint density at radius 1 is 1.03 bits per heavy atom. The van der Waals surface area contributed by atoms with Crippen LogP contribution in [0.5, 0.6) is 0 Å². The molecule has 1 fully saturated rings. The molecule has 6 heteroatoms. The first-order valence-electron chi connectivity index (χ1n) is 11.4. The molecule has 0 N–H and O–H groups in total. The van der Waals surface area contributed by atoms with E-state index in [1.165, 1.54) is 46.3 Å². The summed E-state index contributed by atoms with van der Waals surface area (Å²) < 4.78 is 0. The fraction of sp³-hybridized carbons (Fsp3) is 0.696. The SMILES string of the molecule is CCC(C)c1nc(N2CCN(C(=O)C(C)C)CC2)c2c3c(sc2n1)CCCCC3. The standard InChI is InChI=1S/C23H34N4OS/c1-5-16(4)20-24-21(26-11-13-27(14-12-26)23(28)15(2)3)19-17-9-7-6-8-10-18(17)29-22(19)25-20/h15-16H,5-14H2,1-4H3. The molecule has 0 radical (unpaired) electrons. The van der Waals surface area contributed by atoms with E-state index in [4.69, 9.17) is 9.97 Å². The number of carbonyl (C=O) groups is 1. The number of hydrogen-bond donors (Lipinski definition) is 0. The normalized spacial score (nSPS) is 18.8. The fourth-order valence-electron chi connectivity index (χ4n) is 4.47. The van der Waals surface area contributed by atoms with Crippen molar-refractivity contribution in [1.29, 1.82) is 0 Å². The molecule has 0 bridgehead atoms. The Hall–Kier alpha value is -1.69. The van der Waals surface area contributed by atoms with Gasteiger partial charge >= 0.3 is 0 Å². The van der Waals surface area contributed by atoms with Gasteiger partial charge in [0.15, 0.2) is 0 Å². The van der Waals surface area contributed by atoms with Gasteiger partial charge in [-0.05, 0) is 37.7 Å². The highest BCUT2D eigenvalue weighted by molar-refractivity contribution is 7.19. The molecule has 0 saturated carbocycles. The predicted molar refractivity (Wildman–Crippen MR) is 121 cm³/mol. The molecule has 5 nitrogen and oxygen atoms in total. The van der Waals surface area contributed by atoms with Gasteiger partial charge in [-0.2, -0.15) is 0 Å². The van der Waals surface area contributed by atoms with E-state index in [1.54, 1.807) is 0 Å². The zero-order valence-electron chi connectivity index (χ0n) is 18.3. The molecule has 29 heavy (non-hydrogen) atoms. The van der Waals surface area contributed by atoms with E-state index in [1.807, 2.05) is 30.1 Å². The van der Waals surface area contributed by atoms with Crippen LogP contribution in [0.4, 0.5) is 5.82 Å². The third-order valence-corrected chi connectivity index (χ3v) is 7.69. The molecule has 158 valence electrons. The third-order valence-electron chi connectivity index (χ3n) is 6.50. The molecule has 0 aromatic carbocycles. The largest absolute Gasteiger partial charge is 0.352 e. The van der Waals surface area contributed by atoms with Crippen LogP contribution in [0.2, 0.25) is 0 Å². The molecule has 2 aromatic heterocycles. The monoisotopic (exact) mass is 414 g/mol. The Kier molecular flexibility index (Phi) is 6.09. The number of aromatic nitrogens is 2. The highest BCUT2D eigenvalue weighted by Gasteiger charge is 2.28. The smallest absolute Gasteiger partial charge is 0.225 e. The topological polar surface area (TPSA) is 49.3 Å². The fourth-order valence-corrected chi connectivity index (χ4v) is 5.73. The van der Waals surface area contributed by atoms with Gasteiger partial charge in [-0.1, -0.05) is 34.1 Å². The van der Waals surface area contributed by atoms with Crippen LogP contribution in [-0.2, 0) is 17.6 Å². The Morgan fingerprint density at radius 3 is 2.45 bits per heavy atom. The number of hydrogen-bond acceptors (Lipinski definition) is 5. The molecule has 1 unspecified atom stereocenters. The summed E-state index contributed by atoms with van der Waals surface area (Å²) in [6.07, 6.45) is 7.26.